The second-order valence-corrected chi connectivity index (χ2v) is 14.9. The maximum Gasteiger partial charge on any atom is 0.351 e. The predicted molar refractivity (Wildman–Crippen MR) is 174 cm³/mol. The molecular weight excluding hydrogens is 690 g/mol. The number of anilines is 1. The summed E-state index contributed by atoms with van der Waals surface area (Å²) in [5, 5.41) is 14.9. The molecule has 1 aliphatic heterocycles. The summed E-state index contributed by atoms with van der Waals surface area (Å²) in [6, 6.07) is 12.2. The van der Waals surface area contributed by atoms with Crippen LogP contribution >= 0.6 is 27.3 Å². The van der Waals surface area contributed by atoms with Gasteiger partial charge in [-0.1, -0.05) is 30.3 Å². The van der Waals surface area contributed by atoms with E-state index in [0.29, 0.717) is 46.5 Å². The van der Waals surface area contributed by atoms with E-state index in [1.54, 1.807) is 51.1 Å². The molecule has 1 N–H and O–H groups in total. The van der Waals surface area contributed by atoms with Crippen LogP contribution in [0.15, 0.2) is 53.0 Å². The molecule has 4 rings (SSSR count). The molecule has 2 heterocycles. The lowest BCUT2D eigenvalue weighted by atomic mass is 10.1. The maximum atomic E-state index is 14.1. The van der Waals surface area contributed by atoms with Crippen LogP contribution in [0.1, 0.15) is 48.8 Å². The molecule has 0 saturated carbocycles. The van der Waals surface area contributed by atoms with Gasteiger partial charge < -0.3 is 19.5 Å². The van der Waals surface area contributed by atoms with Gasteiger partial charge in [0.2, 0.25) is 10.0 Å². The van der Waals surface area contributed by atoms with Crippen LogP contribution in [0.2, 0.25) is 0 Å². The van der Waals surface area contributed by atoms with Crippen molar-refractivity contribution in [2.75, 3.05) is 31.1 Å². The number of carbonyl (C=O) groups excluding carboxylic acids is 2. The van der Waals surface area contributed by atoms with E-state index in [4.69, 9.17) is 14.2 Å². The van der Waals surface area contributed by atoms with Crippen LogP contribution in [0.4, 0.5) is 11.4 Å². The zero-order valence-electron chi connectivity index (χ0n) is 25.2. The zero-order chi connectivity index (χ0) is 32.9. The van der Waals surface area contributed by atoms with Crippen LogP contribution in [0.25, 0.3) is 10.4 Å². The van der Waals surface area contributed by atoms with Crippen molar-refractivity contribution in [1.29, 1.82) is 0 Å². The van der Waals surface area contributed by atoms with Crippen LogP contribution in [-0.4, -0.2) is 63.7 Å². The Bertz CT molecular complexity index is 1680. The van der Waals surface area contributed by atoms with Gasteiger partial charge >= 0.3 is 11.9 Å². The quantitative estimate of drug-likeness (QED) is 0.148. The maximum absolute atomic E-state index is 14.1. The SMILES string of the molecule is COC(=O)c1sc(-c2cccc(N(C3CCNCC3)S(=O)(=O)Cc3ccccc3[N+](=O)[O-])c2)c(Br)c1OCC(=O)OC(C)(C)C. The van der Waals surface area contributed by atoms with Crippen molar-refractivity contribution in [2.45, 2.75) is 51.0 Å². The number of carbonyl (C=O) groups is 2. The third-order valence-corrected chi connectivity index (χ3v) is 10.8. The summed E-state index contributed by atoms with van der Waals surface area (Å²) >= 11 is 4.57. The fourth-order valence-corrected chi connectivity index (χ4v) is 8.78. The second-order valence-electron chi connectivity index (χ2n) is 11.2. The first-order valence-corrected chi connectivity index (χ1v) is 17.2. The Kier molecular flexibility index (Phi) is 10.9. The monoisotopic (exact) mass is 723 g/mol. The standard InChI is InChI=1S/C30H34BrN3O9S2/c1-30(2,3)43-24(35)17-42-26-25(31)27(44-28(26)29(36)41-4)19-9-7-10-22(16-19)33(21-12-14-32-15-13-21)45(39,40)18-20-8-5-6-11-23(20)34(37)38/h5-11,16,21,32H,12-15,17-18H2,1-4H3. The molecule has 3 aromatic rings. The molecule has 0 aliphatic carbocycles. The van der Waals surface area contributed by atoms with Gasteiger partial charge in [0.15, 0.2) is 17.2 Å². The average molecular weight is 725 g/mol. The number of nitro benzene ring substituents is 1. The van der Waals surface area contributed by atoms with Crippen LogP contribution < -0.4 is 14.4 Å². The van der Waals surface area contributed by atoms with Crippen molar-refractivity contribution < 1.29 is 37.1 Å². The first kappa shape index (κ1) is 34.3. The largest absolute Gasteiger partial charge is 0.479 e. The summed E-state index contributed by atoms with van der Waals surface area (Å²) in [5.74, 6) is -1.76. The van der Waals surface area contributed by atoms with Gasteiger partial charge in [-0.05, 0) is 80.3 Å². The summed E-state index contributed by atoms with van der Waals surface area (Å²) in [5.41, 5.74) is 0.0373. The summed E-state index contributed by atoms with van der Waals surface area (Å²) in [6.45, 7) is 5.95. The number of benzene rings is 2. The van der Waals surface area contributed by atoms with Crippen LogP contribution in [-0.2, 0) is 30.0 Å². The minimum atomic E-state index is -4.10. The molecule has 2 aromatic carbocycles. The average Bonchev–Trinajstić information content (AvgIpc) is 3.31. The minimum absolute atomic E-state index is 0.0908. The molecule has 1 fully saturated rings. The molecule has 0 atom stereocenters. The van der Waals surface area contributed by atoms with Crippen molar-refractivity contribution in [2.24, 2.45) is 0 Å². The van der Waals surface area contributed by atoms with Crippen molar-refractivity contribution >= 4 is 60.6 Å². The van der Waals surface area contributed by atoms with E-state index in [-0.39, 0.29) is 27.9 Å². The molecule has 45 heavy (non-hydrogen) atoms. The molecule has 0 amide bonds. The molecule has 15 heteroatoms. The molecule has 0 unspecified atom stereocenters. The predicted octanol–water partition coefficient (Wildman–Crippen LogP) is 5.68. The summed E-state index contributed by atoms with van der Waals surface area (Å²) in [6.07, 6.45) is 1.08. The van der Waals surface area contributed by atoms with E-state index < -0.39 is 44.8 Å². The van der Waals surface area contributed by atoms with Gasteiger partial charge in [0, 0.05) is 17.7 Å². The van der Waals surface area contributed by atoms with E-state index in [1.807, 2.05) is 0 Å². The van der Waals surface area contributed by atoms with E-state index >= 15 is 0 Å². The molecule has 1 aromatic heterocycles. The Morgan fingerprint density at radius 1 is 1.13 bits per heavy atom. The van der Waals surface area contributed by atoms with Gasteiger partial charge in [-0.2, -0.15) is 0 Å². The Morgan fingerprint density at radius 3 is 2.47 bits per heavy atom. The van der Waals surface area contributed by atoms with Crippen molar-refractivity contribution in [3.63, 3.8) is 0 Å². The zero-order valence-corrected chi connectivity index (χ0v) is 28.4. The Hall–Kier alpha value is -3.53. The normalized spacial score (nSPS) is 14.1. The number of thiophene rings is 1. The molecule has 0 radical (unpaired) electrons. The highest BCUT2D eigenvalue weighted by atomic mass is 79.9. The number of esters is 2. The highest BCUT2D eigenvalue weighted by molar-refractivity contribution is 9.10. The van der Waals surface area contributed by atoms with Crippen LogP contribution in [0, 0.1) is 10.1 Å². The number of rotatable bonds is 11. The third-order valence-electron chi connectivity index (χ3n) is 6.76. The van der Waals surface area contributed by atoms with Crippen LogP contribution in [0.3, 0.4) is 0 Å². The highest BCUT2D eigenvalue weighted by Crippen LogP contribution is 2.47. The number of methoxy groups -OCH3 is 1. The van der Waals surface area contributed by atoms with E-state index in [1.165, 1.54) is 29.6 Å². The Morgan fingerprint density at radius 2 is 1.82 bits per heavy atom. The Labute approximate surface area is 274 Å². The molecule has 1 saturated heterocycles. The molecule has 12 nitrogen and oxygen atoms in total. The van der Waals surface area contributed by atoms with Crippen molar-refractivity contribution in [3.05, 3.63) is 73.6 Å². The van der Waals surface area contributed by atoms with Gasteiger partial charge in [0.25, 0.3) is 5.69 Å². The number of hydrogen-bond acceptors (Lipinski definition) is 11. The lowest BCUT2D eigenvalue weighted by Crippen LogP contribution is -2.46. The smallest absolute Gasteiger partial charge is 0.351 e. The molecule has 0 bridgehead atoms. The second kappa shape index (κ2) is 14.3. The molecular formula is C30H34BrN3O9S2. The van der Waals surface area contributed by atoms with Crippen molar-refractivity contribution in [1.82, 2.24) is 5.32 Å². The van der Waals surface area contributed by atoms with E-state index in [9.17, 15) is 28.1 Å². The van der Waals surface area contributed by atoms with Gasteiger partial charge in [0.1, 0.15) is 11.4 Å². The molecule has 0 spiro atoms. The number of piperidine rings is 1. The van der Waals surface area contributed by atoms with Crippen molar-refractivity contribution in [3.8, 4) is 16.2 Å². The summed E-state index contributed by atoms with van der Waals surface area (Å²) < 4.78 is 45.9. The molecule has 1 aliphatic rings. The van der Waals surface area contributed by atoms with Gasteiger partial charge in [-0.15, -0.1) is 11.3 Å². The number of para-hydroxylation sites is 1. The number of halogens is 1. The number of hydrogen-bond donors (Lipinski definition) is 1. The first-order chi connectivity index (χ1) is 21.2. The van der Waals surface area contributed by atoms with Gasteiger partial charge in [-0.3, -0.25) is 14.4 Å². The fraction of sp³-hybridized carbons (Fsp3) is 0.400. The van der Waals surface area contributed by atoms with Gasteiger partial charge in [0.05, 0.1) is 27.1 Å². The topological polar surface area (TPSA) is 154 Å². The number of sulfonamides is 1. The first-order valence-electron chi connectivity index (χ1n) is 14.0. The minimum Gasteiger partial charge on any atom is -0.479 e. The third kappa shape index (κ3) is 8.39. The fourth-order valence-electron chi connectivity index (χ4n) is 4.94. The lowest BCUT2D eigenvalue weighted by Gasteiger charge is -2.35. The Balaban J connectivity index is 1.75. The number of ether oxygens (including phenoxy) is 3. The number of nitrogens with zero attached hydrogens (tertiary/aromatic N) is 2. The highest BCUT2D eigenvalue weighted by Gasteiger charge is 2.34. The van der Waals surface area contributed by atoms with Crippen LogP contribution in [0.5, 0.6) is 5.75 Å². The van der Waals surface area contributed by atoms with Gasteiger partial charge in [-0.25, -0.2) is 18.0 Å². The number of nitro groups is 1. The number of nitrogens with one attached hydrogen (secondary N) is 1. The van der Waals surface area contributed by atoms with E-state index in [2.05, 4.69) is 21.2 Å². The molecule has 242 valence electrons. The summed E-state index contributed by atoms with van der Waals surface area (Å²) in [7, 11) is -2.88. The summed E-state index contributed by atoms with van der Waals surface area (Å²) in [4.78, 5) is 36.7. The lowest BCUT2D eigenvalue weighted by molar-refractivity contribution is -0.385. The van der Waals surface area contributed by atoms with E-state index in [0.717, 1.165) is 11.3 Å².